The predicted octanol–water partition coefficient (Wildman–Crippen LogP) is 4.39. The number of anilines is 1. The SMILES string of the molecule is COc1cccc2sc(NC(=O)c3cnc(OC(C)C)c(Cl)c3)nc12. The Balaban J connectivity index is 1.81. The van der Waals surface area contributed by atoms with Gasteiger partial charge in [-0.15, -0.1) is 0 Å². The minimum absolute atomic E-state index is 0.0533. The fourth-order valence-corrected chi connectivity index (χ4v) is 3.26. The fraction of sp³-hybridized carbons (Fsp3) is 0.235. The summed E-state index contributed by atoms with van der Waals surface area (Å²) >= 11 is 7.49. The van der Waals surface area contributed by atoms with Crippen LogP contribution in [0.4, 0.5) is 5.13 Å². The molecule has 25 heavy (non-hydrogen) atoms. The number of halogens is 1. The Morgan fingerprint density at radius 2 is 2.16 bits per heavy atom. The molecule has 8 heteroatoms. The van der Waals surface area contributed by atoms with Crippen LogP contribution in [-0.4, -0.2) is 29.1 Å². The van der Waals surface area contributed by atoms with Crippen molar-refractivity contribution in [2.45, 2.75) is 20.0 Å². The quantitative estimate of drug-likeness (QED) is 0.713. The molecule has 6 nitrogen and oxygen atoms in total. The number of amides is 1. The Morgan fingerprint density at radius 3 is 2.84 bits per heavy atom. The minimum Gasteiger partial charge on any atom is -0.494 e. The minimum atomic E-state index is -0.344. The number of para-hydroxylation sites is 1. The van der Waals surface area contributed by atoms with Gasteiger partial charge in [0.2, 0.25) is 5.88 Å². The molecule has 0 bridgehead atoms. The van der Waals surface area contributed by atoms with Crippen LogP contribution in [-0.2, 0) is 0 Å². The highest BCUT2D eigenvalue weighted by Gasteiger charge is 2.15. The maximum atomic E-state index is 12.4. The van der Waals surface area contributed by atoms with Gasteiger partial charge >= 0.3 is 0 Å². The second-order valence-electron chi connectivity index (χ2n) is 5.46. The van der Waals surface area contributed by atoms with Gasteiger partial charge in [0.05, 0.1) is 23.5 Å². The molecule has 0 fully saturated rings. The summed E-state index contributed by atoms with van der Waals surface area (Å²) in [5.41, 5.74) is 1.04. The van der Waals surface area contributed by atoms with Crippen LogP contribution < -0.4 is 14.8 Å². The normalized spacial score (nSPS) is 10.9. The van der Waals surface area contributed by atoms with Gasteiger partial charge in [0, 0.05) is 6.20 Å². The lowest BCUT2D eigenvalue weighted by molar-refractivity contribution is 0.102. The van der Waals surface area contributed by atoms with E-state index in [2.05, 4.69) is 15.3 Å². The van der Waals surface area contributed by atoms with E-state index < -0.39 is 0 Å². The van der Waals surface area contributed by atoms with E-state index in [9.17, 15) is 4.79 Å². The number of hydrogen-bond donors (Lipinski definition) is 1. The Hall–Kier alpha value is -2.38. The average molecular weight is 378 g/mol. The van der Waals surface area contributed by atoms with Crippen LogP contribution in [0, 0.1) is 0 Å². The molecule has 130 valence electrons. The van der Waals surface area contributed by atoms with Crippen LogP contribution in [0.25, 0.3) is 10.2 Å². The van der Waals surface area contributed by atoms with E-state index in [0.717, 1.165) is 4.70 Å². The largest absolute Gasteiger partial charge is 0.494 e. The van der Waals surface area contributed by atoms with Crippen LogP contribution in [0.5, 0.6) is 11.6 Å². The molecule has 0 aliphatic rings. The highest BCUT2D eigenvalue weighted by Crippen LogP contribution is 2.32. The zero-order chi connectivity index (χ0) is 18.0. The summed E-state index contributed by atoms with van der Waals surface area (Å²) in [4.78, 5) is 20.9. The number of benzene rings is 1. The number of thiazole rings is 1. The first-order chi connectivity index (χ1) is 12.0. The molecule has 0 aliphatic carbocycles. The Bertz CT molecular complexity index is 927. The van der Waals surface area contributed by atoms with E-state index >= 15 is 0 Å². The maximum absolute atomic E-state index is 12.4. The average Bonchev–Trinajstić information content (AvgIpc) is 2.98. The summed E-state index contributed by atoms with van der Waals surface area (Å²) in [7, 11) is 1.58. The third-order valence-electron chi connectivity index (χ3n) is 3.24. The number of pyridine rings is 1. The number of methoxy groups -OCH3 is 1. The van der Waals surface area contributed by atoms with Gasteiger partial charge < -0.3 is 9.47 Å². The second-order valence-corrected chi connectivity index (χ2v) is 6.90. The lowest BCUT2D eigenvalue weighted by Gasteiger charge is -2.10. The second kappa shape index (κ2) is 7.25. The van der Waals surface area contributed by atoms with E-state index in [0.29, 0.717) is 27.8 Å². The molecule has 2 aromatic heterocycles. The molecule has 2 heterocycles. The van der Waals surface area contributed by atoms with Crippen LogP contribution >= 0.6 is 22.9 Å². The molecule has 1 aromatic carbocycles. The fourth-order valence-electron chi connectivity index (χ4n) is 2.17. The third kappa shape index (κ3) is 3.83. The number of fused-ring (bicyclic) bond motifs is 1. The first-order valence-electron chi connectivity index (χ1n) is 7.55. The summed E-state index contributed by atoms with van der Waals surface area (Å²) in [6.07, 6.45) is 1.37. The first-order valence-corrected chi connectivity index (χ1v) is 8.74. The van der Waals surface area contributed by atoms with Gasteiger partial charge in [-0.2, -0.15) is 0 Å². The van der Waals surface area contributed by atoms with Crippen molar-refractivity contribution in [2.24, 2.45) is 0 Å². The van der Waals surface area contributed by atoms with Crippen molar-refractivity contribution in [2.75, 3.05) is 12.4 Å². The molecule has 0 atom stereocenters. The molecule has 0 radical (unpaired) electrons. The molecule has 1 amide bonds. The lowest BCUT2D eigenvalue weighted by Crippen LogP contribution is -2.13. The number of carbonyl (C=O) groups is 1. The van der Waals surface area contributed by atoms with Crippen molar-refractivity contribution in [3.05, 3.63) is 41.0 Å². The molecule has 1 N–H and O–H groups in total. The molecular formula is C17H16ClN3O3S. The van der Waals surface area contributed by atoms with E-state index in [1.165, 1.54) is 23.6 Å². The van der Waals surface area contributed by atoms with Crippen molar-refractivity contribution in [3.63, 3.8) is 0 Å². The summed E-state index contributed by atoms with van der Waals surface area (Å²) in [5, 5.41) is 3.52. The van der Waals surface area contributed by atoms with Crippen LogP contribution in [0.3, 0.4) is 0 Å². The van der Waals surface area contributed by atoms with Crippen LogP contribution in [0.15, 0.2) is 30.5 Å². The number of hydrogen-bond acceptors (Lipinski definition) is 6. The summed E-state index contributed by atoms with van der Waals surface area (Å²) in [6.45, 7) is 3.75. The van der Waals surface area contributed by atoms with Crippen molar-refractivity contribution in [3.8, 4) is 11.6 Å². The first kappa shape index (κ1) is 17.4. The summed E-state index contributed by atoms with van der Waals surface area (Å²) in [5.74, 6) is 0.621. The van der Waals surface area contributed by atoms with E-state index in [-0.39, 0.29) is 17.0 Å². The maximum Gasteiger partial charge on any atom is 0.259 e. The molecule has 0 saturated carbocycles. The zero-order valence-corrected chi connectivity index (χ0v) is 15.4. The number of rotatable bonds is 5. The number of nitrogens with zero attached hydrogens (tertiary/aromatic N) is 2. The molecule has 0 aliphatic heterocycles. The topological polar surface area (TPSA) is 73.3 Å². The number of nitrogens with one attached hydrogen (secondary N) is 1. The van der Waals surface area contributed by atoms with E-state index in [1.54, 1.807) is 7.11 Å². The highest BCUT2D eigenvalue weighted by molar-refractivity contribution is 7.22. The summed E-state index contributed by atoms with van der Waals surface area (Å²) in [6, 6.07) is 7.14. The monoisotopic (exact) mass is 377 g/mol. The van der Waals surface area contributed by atoms with Crippen molar-refractivity contribution >= 4 is 44.2 Å². The smallest absolute Gasteiger partial charge is 0.259 e. The van der Waals surface area contributed by atoms with E-state index in [1.807, 2.05) is 32.0 Å². The highest BCUT2D eigenvalue weighted by atomic mass is 35.5. The Kier molecular flexibility index (Phi) is 5.06. The van der Waals surface area contributed by atoms with Gasteiger partial charge in [-0.05, 0) is 32.0 Å². The summed E-state index contributed by atoms with van der Waals surface area (Å²) < 4.78 is 11.7. The van der Waals surface area contributed by atoms with Crippen LogP contribution in [0.2, 0.25) is 5.02 Å². The third-order valence-corrected chi connectivity index (χ3v) is 4.45. The van der Waals surface area contributed by atoms with Crippen molar-refractivity contribution in [1.29, 1.82) is 0 Å². The van der Waals surface area contributed by atoms with Gasteiger partial charge in [-0.1, -0.05) is 29.0 Å². The number of ether oxygens (including phenoxy) is 2. The number of carbonyl (C=O) groups excluding carboxylic acids is 1. The number of aromatic nitrogens is 2. The molecular weight excluding hydrogens is 362 g/mol. The lowest BCUT2D eigenvalue weighted by atomic mass is 10.2. The van der Waals surface area contributed by atoms with Crippen LogP contribution in [0.1, 0.15) is 24.2 Å². The molecule has 3 aromatic rings. The molecule has 0 saturated heterocycles. The van der Waals surface area contributed by atoms with Gasteiger partial charge in [0.1, 0.15) is 16.3 Å². The molecule has 0 unspecified atom stereocenters. The Labute approximate surface area is 153 Å². The molecule has 0 spiro atoms. The molecule has 3 rings (SSSR count). The van der Waals surface area contributed by atoms with Gasteiger partial charge in [0.15, 0.2) is 5.13 Å². The van der Waals surface area contributed by atoms with Crippen molar-refractivity contribution < 1.29 is 14.3 Å². The van der Waals surface area contributed by atoms with E-state index in [4.69, 9.17) is 21.1 Å². The van der Waals surface area contributed by atoms with Gasteiger partial charge in [-0.3, -0.25) is 10.1 Å². The van der Waals surface area contributed by atoms with Gasteiger partial charge in [0.25, 0.3) is 5.91 Å². The standard InChI is InChI=1S/C17H16ClN3O3S/c1-9(2)24-16-11(18)7-10(8-19-16)15(22)21-17-20-14-12(23-3)5-4-6-13(14)25-17/h4-9H,1-3H3,(H,20,21,22). The van der Waals surface area contributed by atoms with Gasteiger partial charge in [-0.25, -0.2) is 9.97 Å². The predicted molar refractivity (Wildman–Crippen MR) is 99.1 cm³/mol. The zero-order valence-electron chi connectivity index (χ0n) is 13.9. The Morgan fingerprint density at radius 1 is 1.36 bits per heavy atom. The van der Waals surface area contributed by atoms with Crippen molar-refractivity contribution in [1.82, 2.24) is 9.97 Å².